The van der Waals surface area contributed by atoms with Gasteiger partial charge in [0.1, 0.15) is 18.2 Å². The van der Waals surface area contributed by atoms with Gasteiger partial charge in [0.25, 0.3) is 0 Å². The number of halogens is 1. The van der Waals surface area contributed by atoms with Gasteiger partial charge in [-0.15, -0.1) is 0 Å². The molecule has 1 fully saturated rings. The van der Waals surface area contributed by atoms with Crippen molar-refractivity contribution in [3.8, 4) is 0 Å². The summed E-state index contributed by atoms with van der Waals surface area (Å²) in [6.45, 7) is 3.32. The molecule has 0 saturated carbocycles. The van der Waals surface area contributed by atoms with E-state index < -0.39 is 0 Å². The van der Waals surface area contributed by atoms with Crippen LogP contribution in [0.15, 0.2) is 21.5 Å². The Hall–Kier alpha value is -1.54. The van der Waals surface area contributed by atoms with Crippen molar-refractivity contribution in [3.63, 3.8) is 0 Å². The van der Waals surface area contributed by atoms with Crippen LogP contribution in [-0.4, -0.2) is 33.3 Å². The first-order valence-electron chi connectivity index (χ1n) is 6.84. The van der Waals surface area contributed by atoms with E-state index in [1.807, 2.05) is 6.92 Å². The van der Waals surface area contributed by atoms with Gasteiger partial charge in [-0.3, -0.25) is 0 Å². The average Bonchev–Trinajstić information content (AvgIpc) is 2.93. The van der Waals surface area contributed by atoms with Gasteiger partial charge in [-0.2, -0.15) is 4.98 Å². The monoisotopic (exact) mass is 353 g/mol. The quantitative estimate of drug-likeness (QED) is 0.903. The maximum Gasteiger partial charge on any atom is 0.249 e. The molecular weight excluding hydrogens is 338 g/mol. The summed E-state index contributed by atoms with van der Waals surface area (Å²) in [7, 11) is 0. The van der Waals surface area contributed by atoms with E-state index in [9.17, 15) is 0 Å². The van der Waals surface area contributed by atoms with Crippen molar-refractivity contribution < 1.29 is 9.26 Å². The SMILES string of the molecule is Cc1noc([C@@H](Nc2ncncc2Br)C2CCOCC2)n1. The van der Waals surface area contributed by atoms with Crippen molar-refractivity contribution in [2.75, 3.05) is 18.5 Å². The summed E-state index contributed by atoms with van der Waals surface area (Å²) in [4.78, 5) is 12.6. The van der Waals surface area contributed by atoms with Crippen LogP contribution in [0.5, 0.6) is 0 Å². The van der Waals surface area contributed by atoms with E-state index in [0.717, 1.165) is 36.3 Å². The van der Waals surface area contributed by atoms with Crippen molar-refractivity contribution in [2.45, 2.75) is 25.8 Å². The molecule has 112 valence electrons. The lowest BCUT2D eigenvalue weighted by atomic mass is 9.91. The molecular formula is C13H16BrN5O2. The Balaban J connectivity index is 1.86. The summed E-state index contributed by atoms with van der Waals surface area (Å²) in [6.07, 6.45) is 5.10. The standard InChI is InChI=1S/C13H16BrN5O2/c1-8-17-13(21-19-8)11(9-2-4-20-5-3-9)18-12-10(14)6-15-7-16-12/h6-7,9,11H,2-5H2,1H3,(H,15,16,18)/t11-/m0/s1. The molecule has 0 aromatic carbocycles. The number of hydrogen-bond acceptors (Lipinski definition) is 7. The molecule has 1 atom stereocenters. The van der Waals surface area contributed by atoms with Gasteiger partial charge >= 0.3 is 0 Å². The van der Waals surface area contributed by atoms with Crippen LogP contribution in [0.3, 0.4) is 0 Å². The van der Waals surface area contributed by atoms with Crippen LogP contribution in [-0.2, 0) is 4.74 Å². The van der Waals surface area contributed by atoms with E-state index in [1.54, 1.807) is 6.20 Å². The maximum absolute atomic E-state index is 5.44. The number of aryl methyl sites for hydroxylation is 1. The van der Waals surface area contributed by atoms with Crippen LogP contribution < -0.4 is 5.32 Å². The van der Waals surface area contributed by atoms with E-state index >= 15 is 0 Å². The van der Waals surface area contributed by atoms with Gasteiger partial charge in [-0.25, -0.2) is 9.97 Å². The van der Waals surface area contributed by atoms with Gasteiger partial charge < -0.3 is 14.6 Å². The molecule has 2 aromatic rings. The van der Waals surface area contributed by atoms with Crippen LogP contribution in [0, 0.1) is 12.8 Å². The average molecular weight is 354 g/mol. The molecule has 7 nitrogen and oxygen atoms in total. The minimum Gasteiger partial charge on any atom is -0.381 e. The smallest absolute Gasteiger partial charge is 0.249 e. The predicted octanol–water partition coefficient (Wildman–Crippen LogP) is 2.51. The fourth-order valence-corrected chi connectivity index (χ4v) is 2.77. The molecule has 3 rings (SSSR count). The normalized spacial score (nSPS) is 17.6. The van der Waals surface area contributed by atoms with Crippen molar-refractivity contribution in [1.82, 2.24) is 20.1 Å². The minimum absolute atomic E-state index is 0.0821. The molecule has 0 aliphatic carbocycles. The van der Waals surface area contributed by atoms with Gasteiger partial charge in [0.2, 0.25) is 5.89 Å². The molecule has 1 N–H and O–H groups in total. The highest BCUT2D eigenvalue weighted by molar-refractivity contribution is 9.10. The van der Waals surface area contributed by atoms with Crippen molar-refractivity contribution in [1.29, 1.82) is 0 Å². The fraction of sp³-hybridized carbons (Fsp3) is 0.538. The van der Waals surface area contributed by atoms with Crippen molar-refractivity contribution >= 4 is 21.7 Å². The van der Waals surface area contributed by atoms with Gasteiger partial charge in [0, 0.05) is 19.4 Å². The van der Waals surface area contributed by atoms with Gasteiger partial charge in [-0.1, -0.05) is 5.16 Å². The molecule has 3 heterocycles. The van der Waals surface area contributed by atoms with E-state index in [0.29, 0.717) is 17.6 Å². The van der Waals surface area contributed by atoms with Crippen LogP contribution in [0.4, 0.5) is 5.82 Å². The zero-order chi connectivity index (χ0) is 14.7. The third-order valence-corrected chi connectivity index (χ3v) is 4.09. The summed E-state index contributed by atoms with van der Waals surface area (Å²) in [5.74, 6) is 2.30. The van der Waals surface area contributed by atoms with E-state index in [2.05, 4.69) is 41.4 Å². The maximum atomic E-state index is 5.44. The van der Waals surface area contributed by atoms with E-state index in [4.69, 9.17) is 9.26 Å². The molecule has 0 spiro atoms. The highest BCUT2D eigenvalue weighted by Crippen LogP contribution is 2.33. The second-order valence-corrected chi connectivity index (χ2v) is 5.83. The Bertz CT molecular complexity index is 600. The van der Waals surface area contributed by atoms with Crippen molar-refractivity contribution in [3.05, 3.63) is 28.7 Å². The van der Waals surface area contributed by atoms with Crippen LogP contribution in [0.25, 0.3) is 0 Å². The molecule has 0 radical (unpaired) electrons. The Kier molecular flexibility index (Phi) is 4.45. The first kappa shape index (κ1) is 14.4. The highest BCUT2D eigenvalue weighted by atomic mass is 79.9. The summed E-state index contributed by atoms with van der Waals surface area (Å²) < 4.78 is 11.6. The molecule has 0 unspecified atom stereocenters. The third-order valence-electron chi connectivity index (χ3n) is 3.51. The number of aromatic nitrogens is 4. The predicted molar refractivity (Wildman–Crippen MR) is 78.7 cm³/mol. The second kappa shape index (κ2) is 6.48. The molecule has 1 aliphatic heterocycles. The number of anilines is 1. The van der Waals surface area contributed by atoms with Crippen LogP contribution in [0.1, 0.15) is 30.6 Å². The number of hydrogen-bond donors (Lipinski definition) is 1. The summed E-state index contributed by atoms with van der Waals surface area (Å²) in [6, 6.07) is -0.0821. The lowest BCUT2D eigenvalue weighted by molar-refractivity contribution is 0.0570. The van der Waals surface area contributed by atoms with Crippen LogP contribution >= 0.6 is 15.9 Å². The Morgan fingerprint density at radius 3 is 2.86 bits per heavy atom. The number of rotatable bonds is 4. The van der Waals surface area contributed by atoms with Gasteiger partial charge in [-0.05, 0) is 41.6 Å². The fourth-order valence-electron chi connectivity index (χ4n) is 2.44. The summed E-state index contributed by atoms with van der Waals surface area (Å²) in [5.41, 5.74) is 0. The molecule has 8 heteroatoms. The van der Waals surface area contributed by atoms with Crippen LogP contribution in [0.2, 0.25) is 0 Å². The zero-order valence-corrected chi connectivity index (χ0v) is 13.2. The zero-order valence-electron chi connectivity index (χ0n) is 11.6. The Morgan fingerprint density at radius 1 is 1.38 bits per heavy atom. The highest BCUT2D eigenvalue weighted by Gasteiger charge is 2.30. The largest absolute Gasteiger partial charge is 0.381 e. The first-order chi connectivity index (χ1) is 10.2. The van der Waals surface area contributed by atoms with E-state index in [-0.39, 0.29) is 6.04 Å². The summed E-state index contributed by atoms with van der Waals surface area (Å²) >= 11 is 3.45. The first-order valence-corrected chi connectivity index (χ1v) is 7.63. The topological polar surface area (TPSA) is 86.0 Å². The number of ether oxygens (including phenoxy) is 1. The lowest BCUT2D eigenvalue weighted by Gasteiger charge is -2.29. The molecule has 21 heavy (non-hydrogen) atoms. The molecule has 0 amide bonds. The second-order valence-electron chi connectivity index (χ2n) is 4.97. The Labute approximate surface area is 130 Å². The van der Waals surface area contributed by atoms with Gasteiger partial charge in [0.05, 0.1) is 4.47 Å². The Morgan fingerprint density at radius 2 is 2.19 bits per heavy atom. The van der Waals surface area contributed by atoms with Crippen molar-refractivity contribution in [2.24, 2.45) is 5.92 Å². The third kappa shape index (κ3) is 3.38. The lowest BCUT2D eigenvalue weighted by Crippen LogP contribution is -2.27. The molecule has 0 bridgehead atoms. The van der Waals surface area contributed by atoms with E-state index in [1.165, 1.54) is 6.33 Å². The molecule has 2 aromatic heterocycles. The number of nitrogens with zero attached hydrogens (tertiary/aromatic N) is 4. The minimum atomic E-state index is -0.0821. The summed E-state index contributed by atoms with van der Waals surface area (Å²) in [5, 5.41) is 7.29. The number of nitrogens with one attached hydrogen (secondary N) is 1. The molecule has 1 aliphatic rings. The van der Waals surface area contributed by atoms with Gasteiger partial charge in [0.15, 0.2) is 5.82 Å². The molecule has 1 saturated heterocycles.